The van der Waals surface area contributed by atoms with Gasteiger partial charge in [-0.25, -0.2) is 18.2 Å². The molecule has 24 heavy (non-hydrogen) atoms. The number of nitrogens with one attached hydrogen (secondary N) is 1. The van der Waals surface area contributed by atoms with Crippen molar-refractivity contribution in [1.82, 2.24) is 4.98 Å². The maximum atomic E-state index is 15.0. The van der Waals surface area contributed by atoms with Crippen LogP contribution in [0.5, 0.6) is 0 Å². The Bertz CT molecular complexity index is 908. The third kappa shape index (κ3) is 2.88. The molecule has 2 aromatic carbocycles. The second-order valence-corrected chi connectivity index (χ2v) is 5.02. The summed E-state index contributed by atoms with van der Waals surface area (Å²) in [6.07, 6.45) is 2.44. The second kappa shape index (κ2) is 6.19. The molecule has 3 aromatic rings. The standard InChI is InChI=1S/C17H11F3N2O2/c1-9(23)22-14-5-4-12(15-7-21-8-24-15)17(20)16(14)11-3-2-10(18)6-13(11)19/h2-8H,1H3,(H,22,23). The van der Waals surface area contributed by atoms with Gasteiger partial charge < -0.3 is 9.73 Å². The number of rotatable bonds is 3. The van der Waals surface area contributed by atoms with Gasteiger partial charge in [-0.1, -0.05) is 0 Å². The topological polar surface area (TPSA) is 55.1 Å². The Labute approximate surface area is 134 Å². The molecule has 0 aliphatic carbocycles. The van der Waals surface area contributed by atoms with E-state index >= 15 is 4.39 Å². The zero-order valence-corrected chi connectivity index (χ0v) is 12.4. The third-order valence-electron chi connectivity index (χ3n) is 3.35. The van der Waals surface area contributed by atoms with Crippen molar-refractivity contribution < 1.29 is 22.4 Å². The van der Waals surface area contributed by atoms with E-state index < -0.39 is 23.4 Å². The molecule has 7 heteroatoms. The molecule has 0 aliphatic rings. The highest BCUT2D eigenvalue weighted by Gasteiger charge is 2.21. The van der Waals surface area contributed by atoms with Crippen LogP contribution in [0, 0.1) is 17.5 Å². The van der Waals surface area contributed by atoms with E-state index in [2.05, 4.69) is 10.3 Å². The van der Waals surface area contributed by atoms with Crippen LogP contribution in [0.4, 0.5) is 18.9 Å². The zero-order valence-electron chi connectivity index (χ0n) is 12.4. The predicted molar refractivity (Wildman–Crippen MR) is 81.6 cm³/mol. The highest BCUT2D eigenvalue weighted by atomic mass is 19.1. The Hall–Kier alpha value is -3.09. The van der Waals surface area contributed by atoms with Gasteiger partial charge in [-0.2, -0.15) is 0 Å². The summed E-state index contributed by atoms with van der Waals surface area (Å²) in [6, 6.07) is 5.56. The van der Waals surface area contributed by atoms with Crippen molar-refractivity contribution >= 4 is 11.6 Å². The first-order valence-corrected chi connectivity index (χ1v) is 6.91. The van der Waals surface area contributed by atoms with Crippen LogP contribution in [-0.4, -0.2) is 10.9 Å². The Morgan fingerprint density at radius 1 is 1.12 bits per heavy atom. The van der Waals surface area contributed by atoms with Gasteiger partial charge in [-0.05, 0) is 24.3 Å². The number of carbonyl (C=O) groups excluding carboxylic acids is 1. The fourth-order valence-electron chi connectivity index (χ4n) is 2.36. The third-order valence-corrected chi connectivity index (χ3v) is 3.35. The van der Waals surface area contributed by atoms with Gasteiger partial charge in [0, 0.05) is 24.1 Å². The zero-order chi connectivity index (χ0) is 17.3. The van der Waals surface area contributed by atoms with E-state index in [-0.39, 0.29) is 28.1 Å². The number of anilines is 1. The number of hydrogen-bond donors (Lipinski definition) is 1. The van der Waals surface area contributed by atoms with Crippen molar-refractivity contribution in [1.29, 1.82) is 0 Å². The van der Waals surface area contributed by atoms with Crippen LogP contribution in [0.25, 0.3) is 22.5 Å². The van der Waals surface area contributed by atoms with Crippen LogP contribution in [0.15, 0.2) is 47.3 Å². The largest absolute Gasteiger partial charge is 0.443 e. The van der Waals surface area contributed by atoms with Crippen molar-refractivity contribution in [2.24, 2.45) is 0 Å². The van der Waals surface area contributed by atoms with E-state index in [0.717, 1.165) is 18.5 Å². The van der Waals surface area contributed by atoms with Gasteiger partial charge in [0.2, 0.25) is 5.91 Å². The molecule has 0 fully saturated rings. The maximum Gasteiger partial charge on any atom is 0.221 e. The van der Waals surface area contributed by atoms with Gasteiger partial charge in [-0.3, -0.25) is 4.79 Å². The highest BCUT2D eigenvalue weighted by molar-refractivity contribution is 5.95. The number of benzene rings is 2. The predicted octanol–water partition coefficient (Wildman–Crippen LogP) is 4.38. The van der Waals surface area contributed by atoms with Crippen LogP contribution in [0.2, 0.25) is 0 Å². The lowest BCUT2D eigenvalue weighted by Gasteiger charge is -2.14. The van der Waals surface area contributed by atoms with Gasteiger partial charge in [0.05, 0.1) is 17.4 Å². The van der Waals surface area contributed by atoms with Gasteiger partial charge >= 0.3 is 0 Å². The SMILES string of the molecule is CC(=O)Nc1ccc(-c2cnco2)c(F)c1-c1ccc(F)cc1F. The molecular formula is C17H11F3N2O2. The summed E-state index contributed by atoms with van der Waals surface area (Å²) in [7, 11) is 0. The molecule has 0 unspecified atom stereocenters. The number of halogens is 3. The number of hydrogen-bond acceptors (Lipinski definition) is 3. The van der Waals surface area contributed by atoms with Crippen LogP contribution in [0.3, 0.4) is 0 Å². The number of amides is 1. The minimum absolute atomic E-state index is 0.0420. The number of carbonyl (C=O) groups is 1. The summed E-state index contributed by atoms with van der Waals surface area (Å²) < 4.78 is 47.4. The van der Waals surface area contributed by atoms with Crippen LogP contribution in [-0.2, 0) is 4.79 Å². The lowest BCUT2D eigenvalue weighted by atomic mass is 9.98. The summed E-state index contributed by atoms with van der Waals surface area (Å²) >= 11 is 0. The molecule has 0 aliphatic heterocycles. The number of aromatic nitrogens is 1. The Morgan fingerprint density at radius 3 is 2.50 bits per heavy atom. The minimum Gasteiger partial charge on any atom is -0.443 e. The van der Waals surface area contributed by atoms with Crippen LogP contribution >= 0.6 is 0 Å². The summed E-state index contributed by atoms with van der Waals surface area (Å²) in [5.41, 5.74) is -0.273. The van der Waals surface area contributed by atoms with Crippen molar-refractivity contribution in [3.63, 3.8) is 0 Å². The molecule has 4 nitrogen and oxygen atoms in total. The van der Waals surface area contributed by atoms with E-state index in [4.69, 9.17) is 4.42 Å². The monoisotopic (exact) mass is 332 g/mol. The van der Waals surface area contributed by atoms with Gasteiger partial charge in [0.15, 0.2) is 12.2 Å². The van der Waals surface area contributed by atoms with E-state index in [0.29, 0.717) is 6.07 Å². The molecule has 0 saturated heterocycles. The fraction of sp³-hybridized carbons (Fsp3) is 0.0588. The summed E-state index contributed by atoms with van der Waals surface area (Å²) in [6.45, 7) is 1.24. The average Bonchev–Trinajstić information content (AvgIpc) is 3.02. The van der Waals surface area contributed by atoms with Crippen molar-refractivity contribution in [3.8, 4) is 22.5 Å². The molecule has 3 rings (SSSR count). The second-order valence-electron chi connectivity index (χ2n) is 5.02. The molecule has 1 N–H and O–H groups in total. The quantitative estimate of drug-likeness (QED) is 0.774. The summed E-state index contributed by atoms with van der Waals surface area (Å²) in [5.74, 6) is -2.86. The summed E-state index contributed by atoms with van der Waals surface area (Å²) in [5, 5.41) is 2.44. The Balaban J connectivity index is 2.27. The molecule has 0 bridgehead atoms. The van der Waals surface area contributed by atoms with Crippen LogP contribution < -0.4 is 5.32 Å². The first-order chi connectivity index (χ1) is 11.5. The Morgan fingerprint density at radius 2 is 1.88 bits per heavy atom. The van der Waals surface area contributed by atoms with Gasteiger partial charge in [0.25, 0.3) is 0 Å². The van der Waals surface area contributed by atoms with E-state index in [1.165, 1.54) is 25.3 Å². The van der Waals surface area contributed by atoms with Gasteiger partial charge in [-0.15, -0.1) is 0 Å². The average molecular weight is 332 g/mol. The molecule has 122 valence electrons. The number of oxazole rings is 1. The molecule has 0 radical (unpaired) electrons. The molecule has 0 saturated carbocycles. The normalized spacial score (nSPS) is 10.7. The lowest BCUT2D eigenvalue weighted by molar-refractivity contribution is -0.114. The van der Waals surface area contributed by atoms with Crippen molar-refractivity contribution in [3.05, 3.63) is 60.4 Å². The first kappa shape index (κ1) is 15.8. The van der Waals surface area contributed by atoms with E-state index in [1.807, 2.05) is 0 Å². The molecule has 1 heterocycles. The maximum absolute atomic E-state index is 15.0. The summed E-state index contributed by atoms with van der Waals surface area (Å²) in [4.78, 5) is 15.1. The number of nitrogens with zero attached hydrogens (tertiary/aromatic N) is 1. The van der Waals surface area contributed by atoms with Crippen molar-refractivity contribution in [2.75, 3.05) is 5.32 Å². The molecule has 0 spiro atoms. The van der Waals surface area contributed by atoms with Crippen molar-refractivity contribution in [2.45, 2.75) is 6.92 Å². The first-order valence-electron chi connectivity index (χ1n) is 6.91. The van der Waals surface area contributed by atoms with E-state index in [1.54, 1.807) is 0 Å². The van der Waals surface area contributed by atoms with Gasteiger partial charge in [0.1, 0.15) is 17.5 Å². The molecule has 0 atom stereocenters. The fourth-order valence-corrected chi connectivity index (χ4v) is 2.36. The minimum atomic E-state index is -0.949. The molecule has 1 amide bonds. The van der Waals surface area contributed by atoms with E-state index in [9.17, 15) is 13.6 Å². The van der Waals surface area contributed by atoms with Crippen LogP contribution in [0.1, 0.15) is 6.92 Å². The lowest BCUT2D eigenvalue weighted by Crippen LogP contribution is -2.08. The smallest absolute Gasteiger partial charge is 0.221 e. The highest BCUT2D eigenvalue weighted by Crippen LogP contribution is 2.38. The molecular weight excluding hydrogens is 321 g/mol. The molecule has 1 aromatic heterocycles. The Kier molecular flexibility index (Phi) is 4.07.